The summed E-state index contributed by atoms with van der Waals surface area (Å²) in [7, 11) is 0. The fourth-order valence-electron chi connectivity index (χ4n) is 1.19. The van der Waals surface area contributed by atoms with Crippen LogP contribution in [0.1, 0.15) is 6.92 Å². The first-order chi connectivity index (χ1) is 7.50. The van der Waals surface area contributed by atoms with Crippen LogP contribution in [0.2, 0.25) is 0 Å². The molecule has 0 aliphatic heterocycles. The Morgan fingerprint density at radius 2 is 1.88 bits per heavy atom. The zero-order chi connectivity index (χ0) is 12.1. The molecule has 4 nitrogen and oxygen atoms in total. The number of nitrogens with one attached hydrogen (secondary N) is 2. The van der Waals surface area contributed by atoms with Crippen molar-refractivity contribution in [1.29, 1.82) is 0 Å². The lowest BCUT2D eigenvalue weighted by Gasteiger charge is -2.09. The van der Waals surface area contributed by atoms with Crippen molar-refractivity contribution in [2.24, 2.45) is 0 Å². The summed E-state index contributed by atoms with van der Waals surface area (Å²) in [6, 6.07) is 2.06. The fourth-order valence-corrected chi connectivity index (χ4v) is 1.19. The average molecular weight is 229 g/mol. The predicted octanol–water partition coefficient (Wildman–Crippen LogP) is 1.09. The monoisotopic (exact) mass is 229 g/mol. The number of rotatable bonds is 4. The maximum absolute atomic E-state index is 13.2. The third-order valence-electron chi connectivity index (χ3n) is 1.87. The van der Waals surface area contributed by atoms with Crippen LogP contribution >= 0.6 is 0 Å². The highest BCUT2D eigenvalue weighted by Gasteiger charge is 2.09. The fraction of sp³-hybridized carbons (Fsp3) is 0.300. The number of hydrogen-bond acceptors (Lipinski definition) is 3. The Bertz CT molecular complexity index is 373. The molecule has 0 aliphatic carbocycles. The van der Waals surface area contributed by atoms with Gasteiger partial charge >= 0.3 is 0 Å². The lowest BCUT2D eigenvalue weighted by atomic mass is 10.2. The van der Waals surface area contributed by atoms with Crippen molar-refractivity contribution >= 4 is 17.3 Å². The van der Waals surface area contributed by atoms with Gasteiger partial charge in [-0.2, -0.15) is 0 Å². The largest absolute Gasteiger partial charge is 0.399 e. The number of anilines is 2. The summed E-state index contributed by atoms with van der Waals surface area (Å²) >= 11 is 0. The lowest BCUT2D eigenvalue weighted by Crippen LogP contribution is -2.26. The number of nitrogens with two attached hydrogens (primary N) is 1. The SMILES string of the molecule is CC(=O)NCCNc1c(F)cc(N)cc1F. The van der Waals surface area contributed by atoms with E-state index >= 15 is 0 Å². The molecule has 1 aromatic rings. The third-order valence-corrected chi connectivity index (χ3v) is 1.87. The van der Waals surface area contributed by atoms with Gasteiger partial charge in [0.15, 0.2) is 11.6 Å². The van der Waals surface area contributed by atoms with Crippen molar-refractivity contribution in [2.75, 3.05) is 24.1 Å². The van der Waals surface area contributed by atoms with Crippen molar-refractivity contribution in [3.63, 3.8) is 0 Å². The number of halogens is 2. The molecule has 6 heteroatoms. The van der Waals surface area contributed by atoms with Crippen LogP contribution in [0.5, 0.6) is 0 Å². The standard InChI is InChI=1S/C10H13F2N3O/c1-6(16)14-2-3-15-10-8(11)4-7(13)5-9(10)12/h4-5,15H,2-3,13H2,1H3,(H,14,16). The smallest absolute Gasteiger partial charge is 0.216 e. The van der Waals surface area contributed by atoms with E-state index in [0.29, 0.717) is 6.54 Å². The highest BCUT2D eigenvalue weighted by atomic mass is 19.1. The second kappa shape index (κ2) is 5.29. The second-order valence-corrected chi connectivity index (χ2v) is 3.27. The van der Waals surface area contributed by atoms with Crippen LogP contribution in [0.3, 0.4) is 0 Å². The van der Waals surface area contributed by atoms with Crippen LogP contribution in [0, 0.1) is 11.6 Å². The highest BCUT2D eigenvalue weighted by molar-refractivity contribution is 5.72. The summed E-state index contributed by atoms with van der Waals surface area (Å²) in [6.45, 7) is 1.89. The van der Waals surface area contributed by atoms with E-state index in [1.807, 2.05) is 0 Å². The molecule has 1 rings (SSSR count). The number of carbonyl (C=O) groups excluding carboxylic acids is 1. The molecule has 0 atom stereocenters. The van der Waals surface area contributed by atoms with Crippen molar-refractivity contribution < 1.29 is 13.6 Å². The Hall–Kier alpha value is -1.85. The molecule has 4 N–H and O–H groups in total. The van der Waals surface area contributed by atoms with Gasteiger partial charge in [0.2, 0.25) is 5.91 Å². The van der Waals surface area contributed by atoms with Crippen LogP contribution in [0.4, 0.5) is 20.2 Å². The van der Waals surface area contributed by atoms with E-state index in [1.165, 1.54) is 6.92 Å². The van der Waals surface area contributed by atoms with Gasteiger partial charge in [-0.3, -0.25) is 4.79 Å². The average Bonchev–Trinajstić information content (AvgIpc) is 2.14. The van der Waals surface area contributed by atoms with Crippen molar-refractivity contribution in [3.8, 4) is 0 Å². The molecule has 0 radical (unpaired) electrons. The van der Waals surface area contributed by atoms with E-state index in [9.17, 15) is 13.6 Å². The molecule has 1 aromatic carbocycles. The molecular formula is C10H13F2N3O. The first kappa shape index (κ1) is 12.2. The molecule has 0 aliphatic rings. The number of carbonyl (C=O) groups is 1. The summed E-state index contributed by atoms with van der Waals surface area (Å²) in [5.74, 6) is -1.69. The quantitative estimate of drug-likeness (QED) is 0.535. The van der Waals surface area contributed by atoms with Gasteiger partial charge in [0.05, 0.1) is 0 Å². The van der Waals surface area contributed by atoms with Crippen LogP contribution in [0.25, 0.3) is 0 Å². The molecule has 16 heavy (non-hydrogen) atoms. The van der Waals surface area contributed by atoms with Gasteiger partial charge in [0, 0.05) is 25.7 Å². The Morgan fingerprint density at radius 1 is 1.31 bits per heavy atom. The van der Waals surface area contributed by atoms with Crippen LogP contribution in [0.15, 0.2) is 12.1 Å². The van der Waals surface area contributed by atoms with Gasteiger partial charge in [-0.15, -0.1) is 0 Å². The van der Waals surface area contributed by atoms with Crippen molar-refractivity contribution in [3.05, 3.63) is 23.8 Å². The molecule has 88 valence electrons. The van der Waals surface area contributed by atoms with Crippen molar-refractivity contribution in [1.82, 2.24) is 5.32 Å². The van der Waals surface area contributed by atoms with Gasteiger partial charge in [0.25, 0.3) is 0 Å². The lowest BCUT2D eigenvalue weighted by molar-refractivity contribution is -0.118. The zero-order valence-electron chi connectivity index (χ0n) is 8.81. The number of amides is 1. The molecule has 0 bridgehead atoms. The first-order valence-electron chi connectivity index (χ1n) is 4.73. The molecule has 0 saturated heterocycles. The van der Waals surface area contributed by atoms with Gasteiger partial charge < -0.3 is 16.4 Å². The second-order valence-electron chi connectivity index (χ2n) is 3.27. The van der Waals surface area contributed by atoms with E-state index < -0.39 is 11.6 Å². The summed E-state index contributed by atoms with van der Waals surface area (Å²) in [5.41, 5.74) is 5.05. The van der Waals surface area contributed by atoms with Gasteiger partial charge in [-0.25, -0.2) is 8.78 Å². The van der Waals surface area contributed by atoms with E-state index in [1.54, 1.807) is 0 Å². The molecule has 0 spiro atoms. The Kier molecular flexibility index (Phi) is 4.04. The van der Waals surface area contributed by atoms with Gasteiger partial charge in [-0.05, 0) is 12.1 Å². The third kappa shape index (κ3) is 3.38. The Labute approximate surface area is 91.8 Å². The van der Waals surface area contributed by atoms with Crippen LogP contribution < -0.4 is 16.4 Å². The summed E-state index contributed by atoms with van der Waals surface area (Å²) < 4.78 is 26.5. The zero-order valence-corrected chi connectivity index (χ0v) is 8.81. The minimum atomic E-state index is -0.750. The van der Waals surface area contributed by atoms with E-state index in [2.05, 4.69) is 10.6 Å². The van der Waals surface area contributed by atoms with E-state index in [4.69, 9.17) is 5.73 Å². The molecule has 0 saturated carbocycles. The molecule has 0 aromatic heterocycles. The molecule has 1 amide bonds. The minimum Gasteiger partial charge on any atom is -0.399 e. The maximum atomic E-state index is 13.2. The Balaban J connectivity index is 2.57. The maximum Gasteiger partial charge on any atom is 0.216 e. The van der Waals surface area contributed by atoms with Crippen LogP contribution in [-0.2, 0) is 4.79 Å². The molecule has 0 heterocycles. The topological polar surface area (TPSA) is 67.2 Å². The van der Waals surface area contributed by atoms with Crippen molar-refractivity contribution in [2.45, 2.75) is 6.92 Å². The highest BCUT2D eigenvalue weighted by Crippen LogP contribution is 2.21. The van der Waals surface area contributed by atoms with Gasteiger partial charge in [-0.1, -0.05) is 0 Å². The molecule has 0 unspecified atom stereocenters. The van der Waals surface area contributed by atoms with Crippen LogP contribution in [-0.4, -0.2) is 19.0 Å². The predicted molar refractivity (Wildman–Crippen MR) is 57.9 cm³/mol. The Morgan fingerprint density at radius 3 is 2.38 bits per heavy atom. The van der Waals surface area contributed by atoms with Gasteiger partial charge in [0.1, 0.15) is 5.69 Å². The molecule has 0 fully saturated rings. The normalized spacial score (nSPS) is 9.94. The first-order valence-corrected chi connectivity index (χ1v) is 4.73. The van der Waals surface area contributed by atoms with E-state index in [-0.39, 0.29) is 23.8 Å². The number of nitrogen functional groups attached to an aromatic ring is 1. The molecular weight excluding hydrogens is 216 g/mol. The van der Waals surface area contributed by atoms with E-state index in [0.717, 1.165) is 12.1 Å². The number of benzene rings is 1. The summed E-state index contributed by atoms with van der Waals surface area (Å²) in [5, 5.41) is 5.04. The summed E-state index contributed by atoms with van der Waals surface area (Å²) in [6.07, 6.45) is 0. The minimum absolute atomic E-state index is 0.0300. The number of hydrogen-bond donors (Lipinski definition) is 3. The summed E-state index contributed by atoms with van der Waals surface area (Å²) in [4.78, 5) is 10.5.